The topological polar surface area (TPSA) is 97.0 Å². The van der Waals surface area contributed by atoms with Crippen LogP contribution in [0.1, 0.15) is 12.8 Å². The first-order valence-electron chi connectivity index (χ1n) is 9.36. The van der Waals surface area contributed by atoms with Crippen LogP contribution in [-0.4, -0.2) is 45.4 Å². The fraction of sp³-hybridized carbons (Fsp3) is 0.350. The van der Waals surface area contributed by atoms with Gasteiger partial charge in [-0.2, -0.15) is 4.31 Å². The van der Waals surface area contributed by atoms with Gasteiger partial charge >= 0.3 is 0 Å². The smallest absolute Gasteiger partial charge is 0.243 e. The Morgan fingerprint density at radius 2 is 1.93 bits per heavy atom. The maximum atomic E-state index is 12.7. The summed E-state index contributed by atoms with van der Waals surface area (Å²) >= 11 is 6.11. The largest absolute Gasteiger partial charge is 0.495 e. The fourth-order valence-electron chi connectivity index (χ4n) is 3.23. The second-order valence-corrected chi connectivity index (χ2v) is 9.21. The van der Waals surface area contributed by atoms with Gasteiger partial charge in [0, 0.05) is 25.3 Å². The number of guanidine groups is 1. The van der Waals surface area contributed by atoms with Gasteiger partial charge in [-0.05, 0) is 49.1 Å². The number of nitrogens with zero attached hydrogens (tertiary/aromatic N) is 2. The van der Waals surface area contributed by atoms with E-state index in [0.717, 1.165) is 18.5 Å². The normalized spacial score (nSPS) is 16.6. The van der Waals surface area contributed by atoms with Crippen LogP contribution < -0.4 is 15.8 Å². The number of rotatable bonds is 6. The molecular weight excluding hydrogens is 412 g/mol. The molecular formula is C20H25ClN4O3S. The second-order valence-electron chi connectivity index (χ2n) is 6.86. The summed E-state index contributed by atoms with van der Waals surface area (Å²) in [6.45, 7) is 1.51. The summed E-state index contributed by atoms with van der Waals surface area (Å²) in [7, 11) is -1.87. The van der Waals surface area contributed by atoms with Crippen molar-refractivity contribution in [2.24, 2.45) is 16.6 Å². The molecule has 0 saturated carbocycles. The molecule has 29 heavy (non-hydrogen) atoms. The minimum absolute atomic E-state index is 0.289. The van der Waals surface area contributed by atoms with Gasteiger partial charge in [0.1, 0.15) is 5.75 Å². The summed E-state index contributed by atoms with van der Waals surface area (Å²) in [6.07, 6.45) is 1.49. The Hall–Kier alpha value is -2.29. The number of nitrogens with one attached hydrogen (secondary N) is 1. The highest BCUT2D eigenvalue weighted by Crippen LogP contribution is 2.27. The third-order valence-electron chi connectivity index (χ3n) is 4.90. The molecule has 1 heterocycles. The van der Waals surface area contributed by atoms with Crippen LogP contribution in [0.15, 0.2) is 58.4 Å². The zero-order valence-corrected chi connectivity index (χ0v) is 17.8. The number of hydrogen-bond acceptors (Lipinski definition) is 4. The molecule has 0 atom stereocenters. The Morgan fingerprint density at radius 3 is 2.55 bits per heavy atom. The first kappa shape index (κ1) is 21.4. The summed E-state index contributed by atoms with van der Waals surface area (Å²) in [5.41, 5.74) is 6.70. The van der Waals surface area contributed by atoms with E-state index in [4.69, 9.17) is 22.1 Å². The van der Waals surface area contributed by atoms with E-state index in [9.17, 15) is 8.42 Å². The SMILES string of the molecule is COc1ccc(NC(N)=NCC2CCN(S(=O)(=O)c3ccccc3)CC2)cc1Cl. The molecule has 0 amide bonds. The molecule has 0 unspecified atom stereocenters. The van der Waals surface area contributed by atoms with Crippen LogP contribution in [0.3, 0.4) is 0 Å². The predicted molar refractivity (Wildman–Crippen MR) is 116 cm³/mol. The van der Waals surface area contributed by atoms with Crippen molar-refractivity contribution in [3.8, 4) is 5.75 Å². The lowest BCUT2D eigenvalue weighted by Gasteiger charge is -2.30. The zero-order valence-electron chi connectivity index (χ0n) is 16.2. The van der Waals surface area contributed by atoms with Crippen LogP contribution in [0.25, 0.3) is 0 Å². The number of nitrogens with two attached hydrogens (primary N) is 1. The molecule has 0 radical (unpaired) electrons. The van der Waals surface area contributed by atoms with Crippen molar-refractivity contribution in [3.63, 3.8) is 0 Å². The molecule has 156 valence electrons. The third kappa shape index (κ3) is 5.41. The minimum atomic E-state index is -3.43. The molecule has 9 heteroatoms. The van der Waals surface area contributed by atoms with E-state index in [1.807, 2.05) is 6.07 Å². The van der Waals surface area contributed by atoms with Crippen LogP contribution in [0, 0.1) is 5.92 Å². The van der Waals surface area contributed by atoms with Gasteiger partial charge in [0.15, 0.2) is 5.96 Å². The molecule has 1 fully saturated rings. The van der Waals surface area contributed by atoms with Crippen LogP contribution in [0.2, 0.25) is 5.02 Å². The van der Waals surface area contributed by atoms with Crippen LogP contribution >= 0.6 is 11.6 Å². The molecule has 0 aliphatic carbocycles. The van der Waals surface area contributed by atoms with Crippen LogP contribution in [0.4, 0.5) is 5.69 Å². The van der Waals surface area contributed by atoms with E-state index in [0.29, 0.717) is 41.3 Å². The standard InChI is InChI=1S/C20H25ClN4O3S/c1-28-19-8-7-16(13-18(19)21)24-20(22)23-14-15-9-11-25(12-10-15)29(26,27)17-5-3-2-4-6-17/h2-8,13,15H,9-12,14H2,1H3,(H3,22,23,24). The molecule has 2 aromatic carbocycles. The molecule has 3 rings (SSSR count). The van der Waals surface area contributed by atoms with Crippen molar-refractivity contribution in [3.05, 3.63) is 53.6 Å². The van der Waals surface area contributed by atoms with Crippen LogP contribution in [0.5, 0.6) is 5.75 Å². The molecule has 3 N–H and O–H groups in total. The van der Waals surface area contributed by atoms with Gasteiger partial charge in [0.2, 0.25) is 10.0 Å². The second kappa shape index (κ2) is 9.47. The van der Waals surface area contributed by atoms with Crippen LogP contribution in [-0.2, 0) is 10.0 Å². The summed E-state index contributed by atoms with van der Waals surface area (Å²) in [6, 6.07) is 13.8. The van der Waals surface area contributed by atoms with E-state index in [1.165, 1.54) is 0 Å². The number of hydrogen-bond donors (Lipinski definition) is 2. The number of piperidine rings is 1. The summed E-state index contributed by atoms with van der Waals surface area (Å²) < 4.78 is 32.0. The van der Waals surface area contributed by atoms with Crippen molar-refractivity contribution in [1.29, 1.82) is 0 Å². The van der Waals surface area contributed by atoms with Crippen molar-refractivity contribution in [2.75, 3.05) is 32.1 Å². The van der Waals surface area contributed by atoms with E-state index in [2.05, 4.69) is 10.3 Å². The highest BCUT2D eigenvalue weighted by atomic mass is 35.5. The van der Waals surface area contributed by atoms with Crippen molar-refractivity contribution in [2.45, 2.75) is 17.7 Å². The molecule has 0 aromatic heterocycles. The molecule has 0 spiro atoms. The number of anilines is 1. The average molecular weight is 437 g/mol. The molecule has 1 aliphatic heterocycles. The molecule has 2 aromatic rings. The number of ether oxygens (including phenoxy) is 1. The quantitative estimate of drug-likeness (QED) is 0.535. The van der Waals surface area contributed by atoms with Crippen molar-refractivity contribution in [1.82, 2.24) is 4.31 Å². The van der Waals surface area contributed by atoms with Crippen molar-refractivity contribution >= 4 is 33.3 Å². The maximum absolute atomic E-state index is 12.7. The highest BCUT2D eigenvalue weighted by Gasteiger charge is 2.29. The van der Waals surface area contributed by atoms with E-state index < -0.39 is 10.0 Å². The lowest BCUT2D eigenvalue weighted by molar-refractivity contribution is 0.279. The molecule has 1 aliphatic rings. The average Bonchev–Trinajstić information content (AvgIpc) is 2.73. The molecule has 7 nitrogen and oxygen atoms in total. The van der Waals surface area contributed by atoms with Gasteiger partial charge in [-0.1, -0.05) is 29.8 Å². The van der Waals surface area contributed by atoms with Gasteiger partial charge in [-0.15, -0.1) is 0 Å². The lowest BCUT2D eigenvalue weighted by Crippen LogP contribution is -2.39. The monoisotopic (exact) mass is 436 g/mol. The Labute approximate surface area is 176 Å². The van der Waals surface area contributed by atoms with E-state index >= 15 is 0 Å². The summed E-state index contributed by atoms with van der Waals surface area (Å²) in [5.74, 6) is 1.17. The lowest BCUT2D eigenvalue weighted by atomic mass is 9.98. The van der Waals surface area contributed by atoms with Gasteiger partial charge in [0.05, 0.1) is 17.0 Å². The summed E-state index contributed by atoms with van der Waals surface area (Å²) in [4.78, 5) is 4.74. The maximum Gasteiger partial charge on any atom is 0.243 e. The van der Waals surface area contributed by atoms with Gasteiger partial charge < -0.3 is 15.8 Å². The first-order chi connectivity index (χ1) is 13.9. The Kier molecular flexibility index (Phi) is 7.00. The molecule has 0 bridgehead atoms. The Bertz CT molecular complexity index is 959. The van der Waals surface area contributed by atoms with Gasteiger partial charge in [0.25, 0.3) is 0 Å². The van der Waals surface area contributed by atoms with E-state index in [1.54, 1.807) is 53.9 Å². The third-order valence-corrected chi connectivity index (χ3v) is 7.11. The van der Waals surface area contributed by atoms with Gasteiger partial charge in [-0.3, -0.25) is 4.99 Å². The summed E-state index contributed by atoms with van der Waals surface area (Å²) in [5, 5.41) is 3.49. The van der Waals surface area contributed by atoms with Gasteiger partial charge in [-0.25, -0.2) is 8.42 Å². The fourth-order valence-corrected chi connectivity index (χ4v) is 4.98. The number of sulfonamides is 1. The zero-order chi connectivity index (χ0) is 20.9. The number of methoxy groups -OCH3 is 1. The number of benzene rings is 2. The Balaban J connectivity index is 1.52. The molecule has 1 saturated heterocycles. The first-order valence-corrected chi connectivity index (χ1v) is 11.2. The predicted octanol–water partition coefficient (Wildman–Crippen LogP) is 3.18. The number of aliphatic imine (C=N–C) groups is 1. The van der Waals surface area contributed by atoms with Crippen molar-refractivity contribution < 1.29 is 13.2 Å². The Morgan fingerprint density at radius 1 is 1.24 bits per heavy atom. The highest BCUT2D eigenvalue weighted by molar-refractivity contribution is 7.89. The van der Waals surface area contributed by atoms with E-state index in [-0.39, 0.29) is 5.92 Å². The minimum Gasteiger partial charge on any atom is -0.495 e. The number of halogens is 1.